The summed E-state index contributed by atoms with van der Waals surface area (Å²) in [5.74, 6) is -0.0713. The van der Waals surface area contributed by atoms with Gasteiger partial charge in [0.15, 0.2) is 0 Å². The third-order valence-corrected chi connectivity index (χ3v) is 4.42. The summed E-state index contributed by atoms with van der Waals surface area (Å²) in [6.07, 6.45) is 3.46. The summed E-state index contributed by atoms with van der Waals surface area (Å²) < 4.78 is 5.51. The second-order valence-electron chi connectivity index (χ2n) is 5.78. The van der Waals surface area contributed by atoms with Gasteiger partial charge < -0.3 is 14.6 Å². The normalized spacial score (nSPS) is 17.2. The van der Waals surface area contributed by atoms with Gasteiger partial charge in [-0.15, -0.1) is 0 Å². The van der Waals surface area contributed by atoms with Crippen LogP contribution in [0.5, 0.6) is 0 Å². The van der Waals surface area contributed by atoms with Crippen LogP contribution in [0.25, 0.3) is 11.0 Å². The fraction of sp³-hybridized carbons (Fsp3) is 0.412. The molecule has 6 heteroatoms. The van der Waals surface area contributed by atoms with Crippen molar-refractivity contribution in [2.45, 2.75) is 39.2 Å². The van der Waals surface area contributed by atoms with Crippen LogP contribution in [-0.2, 0) is 16.1 Å². The van der Waals surface area contributed by atoms with Gasteiger partial charge in [0.1, 0.15) is 11.7 Å². The van der Waals surface area contributed by atoms with Gasteiger partial charge in [-0.3, -0.25) is 4.79 Å². The molecule has 0 spiro atoms. The lowest BCUT2D eigenvalue weighted by molar-refractivity contribution is -0.121. The Kier molecular flexibility index (Phi) is 4.57. The van der Waals surface area contributed by atoms with Crippen molar-refractivity contribution in [2.75, 3.05) is 6.54 Å². The first-order valence-corrected chi connectivity index (χ1v) is 8.09. The minimum absolute atomic E-state index is 0.0629. The number of aryl methyl sites for hydroxylation is 1. The van der Waals surface area contributed by atoms with E-state index in [-0.39, 0.29) is 18.4 Å². The van der Waals surface area contributed by atoms with Gasteiger partial charge in [-0.25, -0.2) is 0 Å². The Morgan fingerprint density at radius 3 is 3.04 bits per heavy atom. The molecule has 0 aliphatic carbocycles. The van der Waals surface area contributed by atoms with E-state index in [1.165, 1.54) is 0 Å². The topological polar surface area (TPSA) is 63.8 Å². The first-order chi connectivity index (χ1) is 11.1. The van der Waals surface area contributed by atoms with E-state index in [9.17, 15) is 4.79 Å². The summed E-state index contributed by atoms with van der Waals surface area (Å²) in [6, 6.07) is 3.73. The van der Waals surface area contributed by atoms with Crippen LogP contribution in [0.1, 0.15) is 30.9 Å². The first kappa shape index (κ1) is 15.9. The van der Waals surface area contributed by atoms with Crippen molar-refractivity contribution in [3.63, 3.8) is 0 Å². The molecule has 1 amide bonds. The Morgan fingerprint density at radius 2 is 2.30 bits per heavy atom. The van der Waals surface area contributed by atoms with Crippen molar-refractivity contribution >= 4 is 34.2 Å². The van der Waals surface area contributed by atoms with Gasteiger partial charge in [0.2, 0.25) is 5.91 Å². The number of benzene rings is 1. The molecular formula is C17H19ClN2O3. The number of halogens is 1. The molecule has 3 rings (SSSR count). The maximum atomic E-state index is 12.1. The van der Waals surface area contributed by atoms with E-state index in [1.807, 2.05) is 26.0 Å². The Morgan fingerprint density at radius 1 is 1.48 bits per heavy atom. The Hall–Kier alpha value is -2.01. The van der Waals surface area contributed by atoms with E-state index >= 15 is 0 Å². The molecule has 5 nitrogen and oxygen atoms in total. The fourth-order valence-electron chi connectivity index (χ4n) is 2.61. The van der Waals surface area contributed by atoms with Crippen molar-refractivity contribution in [3.8, 4) is 0 Å². The number of oxime groups is 1. The largest absolute Gasteiger partial charge is 0.464 e. The zero-order valence-corrected chi connectivity index (χ0v) is 13.9. The van der Waals surface area contributed by atoms with Gasteiger partial charge in [0, 0.05) is 22.4 Å². The van der Waals surface area contributed by atoms with Crippen molar-refractivity contribution in [3.05, 3.63) is 34.5 Å². The molecule has 1 aromatic carbocycles. The summed E-state index contributed by atoms with van der Waals surface area (Å²) in [5.41, 5.74) is 3.57. The summed E-state index contributed by atoms with van der Waals surface area (Å²) in [5, 5.41) is 8.42. The Labute approximate surface area is 139 Å². The van der Waals surface area contributed by atoms with Crippen LogP contribution in [-0.4, -0.2) is 24.3 Å². The maximum absolute atomic E-state index is 12.1. The smallest absolute Gasteiger partial charge is 0.224 e. The number of fused-ring (bicyclic) bond motifs is 1. The summed E-state index contributed by atoms with van der Waals surface area (Å²) in [7, 11) is 0. The fourth-order valence-corrected chi connectivity index (χ4v) is 2.77. The summed E-state index contributed by atoms with van der Waals surface area (Å²) >= 11 is 6.16. The van der Waals surface area contributed by atoms with E-state index in [0.717, 1.165) is 40.6 Å². The molecule has 0 bridgehead atoms. The molecule has 1 atom stereocenters. The number of nitrogens with one attached hydrogen (secondary N) is 1. The molecule has 1 aliphatic heterocycles. The number of nitrogens with zero attached hydrogens (tertiary/aromatic N) is 1. The van der Waals surface area contributed by atoms with Crippen molar-refractivity contribution in [1.29, 1.82) is 0 Å². The number of hydrogen-bond donors (Lipinski definition) is 1. The van der Waals surface area contributed by atoms with E-state index in [4.69, 9.17) is 20.9 Å². The maximum Gasteiger partial charge on any atom is 0.224 e. The van der Waals surface area contributed by atoms with Gasteiger partial charge in [0.05, 0.1) is 24.9 Å². The number of rotatable bonds is 5. The predicted octanol–water partition coefficient (Wildman–Crippen LogP) is 3.61. The van der Waals surface area contributed by atoms with Crippen LogP contribution in [0.2, 0.25) is 5.02 Å². The molecular weight excluding hydrogens is 316 g/mol. The van der Waals surface area contributed by atoms with Gasteiger partial charge >= 0.3 is 0 Å². The minimum Gasteiger partial charge on any atom is -0.464 e. The molecule has 1 unspecified atom stereocenters. The number of hydrogen-bond acceptors (Lipinski definition) is 4. The van der Waals surface area contributed by atoms with Crippen LogP contribution < -0.4 is 5.32 Å². The first-order valence-electron chi connectivity index (χ1n) is 7.71. The SMILES string of the molecule is CCC1=NOC(CNC(=O)Cc2coc3cc(C)c(Cl)cc23)C1. The second kappa shape index (κ2) is 6.62. The number of amides is 1. The van der Waals surface area contributed by atoms with E-state index < -0.39 is 0 Å². The highest BCUT2D eigenvalue weighted by Gasteiger charge is 2.20. The number of furan rings is 1. The molecule has 0 saturated heterocycles. The third-order valence-electron chi connectivity index (χ3n) is 4.02. The summed E-state index contributed by atoms with van der Waals surface area (Å²) in [6.45, 7) is 4.42. The lowest BCUT2D eigenvalue weighted by Gasteiger charge is -2.09. The van der Waals surface area contributed by atoms with Crippen LogP contribution in [0.15, 0.2) is 28.0 Å². The Bertz CT molecular complexity index is 767. The zero-order chi connectivity index (χ0) is 16.4. The van der Waals surface area contributed by atoms with Gasteiger partial charge in [0.25, 0.3) is 0 Å². The average Bonchev–Trinajstić information content (AvgIpc) is 3.14. The van der Waals surface area contributed by atoms with Gasteiger partial charge in [-0.1, -0.05) is 23.7 Å². The lowest BCUT2D eigenvalue weighted by atomic mass is 10.1. The quantitative estimate of drug-likeness (QED) is 0.908. The van der Waals surface area contributed by atoms with E-state index in [1.54, 1.807) is 6.26 Å². The molecule has 0 saturated carbocycles. The van der Waals surface area contributed by atoms with Crippen LogP contribution >= 0.6 is 11.6 Å². The molecule has 122 valence electrons. The van der Waals surface area contributed by atoms with E-state index in [2.05, 4.69) is 10.5 Å². The predicted molar refractivity (Wildman–Crippen MR) is 89.9 cm³/mol. The second-order valence-corrected chi connectivity index (χ2v) is 6.19. The monoisotopic (exact) mass is 334 g/mol. The molecule has 0 fully saturated rings. The van der Waals surface area contributed by atoms with Crippen LogP contribution in [0.4, 0.5) is 0 Å². The standard InChI is InChI=1S/C17H19ClN2O3/c1-3-12-6-13(23-20-12)8-19-17(21)5-11-9-22-16-4-10(2)15(18)7-14(11)16/h4,7,9,13H,3,5-6,8H2,1-2H3,(H,19,21). The van der Waals surface area contributed by atoms with Crippen molar-refractivity contribution in [2.24, 2.45) is 5.16 Å². The minimum atomic E-state index is -0.0713. The molecule has 1 aromatic heterocycles. The molecule has 1 aliphatic rings. The Balaban J connectivity index is 1.59. The molecule has 2 heterocycles. The van der Waals surface area contributed by atoms with Gasteiger partial charge in [-0.2, -0.15) is 0 Å². The molecule has 23 heavy (non-hydrogen) atoms. The van der Waals surface area contributed by atoms with Crippen LogP contribution in [0.3, 0.4) is 0 Å². The average molecular weight is 335 g/mol. The lowest BCUT2D eigenvalue weighted by Crippen LogP contribution is -2.33. The van der Waals surface area contributed by atoms with Crippen LogP contribution in [0, 0.1) is 6.92 Å². The number of carbonyl (C=O) groups excluding carboxylic acids is 1. The zero-order valence-electron chi connectivity index (χ0n) is 13.2. The van der Waals surface area contributed by atoms with Crippen molar-refractivity contribution in [1.82, 2.24) is 5.32 Å². The molecule has 0 radical (unpaired) electrons. The van der Waals surface area contributed by atoms with E-state index in [0.29, 0.717) is 11.6 Å². The molecule has 2 aromatic rings. The highest BCUT2D eigenvalue weighted by molar-refractivity contribution is 6.32. The number of carbonyl (C=O) groups is 1. The third kappa shape index (κ3) is 3.50. The molecule has 1 N–H and O–H groups in total. The van der Waals surface area contributed by atoms with Gasteiger partial charge in [-0.05, 0) is 31.0 Å². The summed E-state index contributed by atoms with van der Waals surface area (Å²) in [4.78, 5) is 17.4. The van der Waals surface area contributed by atoms with Crippen molar-refractivity contribution < 1.29 is 14.0 Å². The highest BCUT2D eigenvalue weighted by Crippen LogP contribution is 2.27. The highest BCUT2D eigenvalue weighted by atomic mass is 35.5.